The number of rotatable bonds is 40. The maximum absolute atomic E-state index is 14.5. The second kappa shape index (κ2) is 45.0. The molecule has 0 radical (unpaired) electrons. The molecular formula is C88H106N12O24S4Si. The third-order valence-corrected chi connectivity index (χ3v) is 31.2. The zero-order valence-corrected chi connectivity index (χ0v) is 77.5. The second-order valence-corrected chi connectivity index (χ2v) is 42.1. The number of fused-ring (bicyclic) bond motifs is 4. The van der Waals surface area contributed by atoms with E-state index in [0.29, 0.717) is 182 Å². The number of carbonyl (C=O) groups is 8. The van der Waals surface area contributed by atoms with Crippen LogP contribution in [0.25, 0.3) is 0 Å². The number of hydrogen-bond acceptors (Lipinski definition) is 30. The van der Waals surface area contributed by atoms with Crippen molar-refractivity contribution in [1.82, 2.24) is 29.6 Å². The van der Waals surface area contributed by atoms with Gasteiger partial charge in [-0.2, -0.15) is 0 Å². The van der Waals surface area contributed by atoms with Crippen molar-refractivity contribution in [2.75, 3.05) is 140 Å². The van der Waals surface area contributed by atoms with Crippen LogP contribution in [0.4, 0.5) is 43.7 Å². The van der Waals surface area contributed by atoms with E-state index in [1.807, 2.05) is 0 Å². The molecule has 2 aromatic heterocycles. The molecule has 0 bridgehead atoms. The summed E-state index contributed by atoms with van der Waals surface area (Å²) in [7, 11) is 8.99. The molecule has 4 aromatic carbocycles. The average molecular weight is 1870 g/mol. The number of aliphatic hydroxyl groups is 1. The van der Waals surface area contributed by atoms with Crippen LogP contribution in [0.3, 0.4) is 0 Å². The van der Waals surface area contributed by atoms with Crippen LogP contribution in [0, 0.1) is 20.2 Å². The van der Waals surface area contributed by atoms with E-state index in [0.717, 1.165) is 22.3 Å². The number of nitrogens with zero attached hydrogens (tertiary/aromatic N) is 8. The van der Waals surface area contributed by atoms with Crippen molar-refractivity contribution in [1.29, 1.82) is 0 Å². The van der Waals surface area contributed by atoms with Gasteiger partial charge in [-0.3, -0.25) is 59.6 Å². The first kappa shape index (κ1) is 97.8. The fourth-order valence-corrected chi connectivity index (χ4v) is 18.9. The smallest absolute Gasteiger partial charge is 0.411 e. The molecule has 0 saturated carbocycles. The molecule has 8 amide bonds. The molecule has 12 rings (SSSR count). The molecule has 4 atom stereocenters. The minimum atomic E-state index is -2.14. The predicted molar refractivity (Wildman–Crippen MR) is 492 cm³/mol. The lowest BCUT2D eigenvalue weighted by Crippen LogP contribution is -2.46. The van der Waals surface area contributed by atoms with Crippen molar-refractivity contribution in [2.24, 2.45) is 0 Å². The fraction of sp³-hybridized carbons (Fsp3) is 0.432. The largest absolute Gasteiger partial charge is 0.493 e. The summed E-state index contributed by atoms with van der Waals surface area (Å²) >= 11 is 0. The summed E-state index contributed by atoms with van der Waals surface area (Å²) in [6.45, 7) is 29.4. The number of amides is 8. The van der Waals surface area contributed by atoms with E-state index in [2.05, 4.69) is 91.4 Å². The summed E-state index contributed by atoms with van der Waals surface area (Å²) in [5.74, 6) is 1.48. The summed E-state index contributed by atoms with van der Waals surface area (Å²) in [4.78, 5) is 142. The summed E-state index contributed by atoms with van der Waals surface area (Å²) in [6.07, 6.45) is 6.47. The number of aromatic nitrogens is 2. The van der Waals surface area contributed by atoms with E-state index in [9.17, 15) is 63.7 Å². The van der Waals surface area contributed by atoms with Crippen LogP contribution in [-0.4, -0.2) is 244 Å². The molecule has 8 heterocycles. The van der Waals surface area contributed by atoms with Crippen LogP contribution in [0.2, 0.25) is 18.1 Å². The van der Waals surface area contributed by atoms with Crippen molar-refractivity contribution in [3.63, 3.8) is 0 Å². The van der Waals surface area contributed by atoms with Gasteiger partial charge in [-0.05, 0) is 140 Å². The molecule has 0 aliphatic carbocycles. The molecule has 6 aliphatic heterocycles. The number of likely N-dealkylation sites (tertiary alicyclic amines) is 2. The number of benzene rings is 4. The minimum absolute atomic E-state index is 0.00691. The van der Waals surface area contributed by atoms with Crippen molar-refractivity contribution >= 4 is 133 Å². The Morgan fingerprint density at radius 2 is 0.891 bits per heavy atom. The van der Waals surface area contributed by atoms with Gasteiger partial charge < -0.3 is 87.1 Å². The average Bonchev–Trinajstić information content (AvgIpc) is 1.60. The maximum atomic E-state index is 14.5. The number of ether oxygens (including phenoxy) is 10. The molecule has 4 fully saturated rings. The lowest BCUT2D eigenvalue weighted by molar-refractivity contribution is -0.385. The summed E-state index contributed by atoms with van der Waals surface area (Å²) in [6, 6.07) is 16.3. The van der Waals surface area contributed by atoms with Gasteiger partial charge in [0.25, 0.3) is 35.0 Å². The Bertz CT molecular complexity index is 5240. The van der Waals surface area contributed by atoms with Gasteiger partial charge in [-0.25, -0.2) is 19.6 Å². The highest BCUT2D eigenvalue weighted by atomic mass is 33.1. The number of carbonyl (C=O) groups excluding carboxylic acids is 8. The molecule has 6 aliphatic rings. The molecule has 0 spiro atoms. The highest BCUT2D eigenvalue weighted by molar-refractivity contribution is 8.77. The molecule has 0 unspecified atom stereocenters. The van der Waals surface area contributed by atoms with Crippen molar-refractivity contribution in [2.45, 2.75) is 137 Å². The molecule has 41 heteroatoms. The van der Waals surface area contributed by atoms with E-state index in [1.165, 1.54) is 129 Å². The summed E-state index contributed by atoms with van der Waals surface area (Å²) in [5, 5.41) is 44.0. The normalized spacial score (nSPS) is 17.0. The zero-order valence-electron chi connectivity index (χ0n) is 73.2. The lowest BCUT2D eigenvalue weighted by atomic mass is 10.1. The van der Waals surface area contributed by atoms with Gasteiger partial charge >= 0.3 is 12.2 Å². The van der Waals surface area contributed by atoms with Crippen molar-refractivity contribution in [3.05, 3.63) is 176 Å². The molecule has 4 saturated heterocycles. The fourth-order valence-electron chi connectivity index (χ4n) is 14.4. The van der Waals surface area contributed by atoms with Gasteiger partial charge in [0.15, 0.2) is 54.3 Å². The first-order chi connectivity index (χ1) is 61.7. The number of unbranched alkanes of at least 4 members (excludes halogenated alkanes) is 4. The third-order valence-electron chi connectivity index (χ3n) is 22.2. The molecule has 36 nitrogen and oxygen atoms in total. The van der Waals surface area contributed by atoms with Crippen LogP contribution in [-0.2, 0) is 23.5 Å². The maximum Gasteiger partial charge on any atom is 0.411 e. The first-order valence-corrected chi connectivity index (χ1v) is 49.1. The Labute approximate surface area is 763 Å². The number of pyridine rings is 2. The highest BCUT2D eigenvalue weighted by Gasteiger charge is 2.45. The first-order valence-electron chi connectivity index (χ1n) is 41.5. The van der Waals surface area contributed by atoms with E-state index in [1.54, 1.807) is 47.4 Å². The summed E-state index contributed by atoms with van der Waals surface area (Å²) < 4.78 is 64.3. The van der Waals surface area contributed by atoms with Crippen LogP contribution >= 0.6 is 43.2 Å². The van der Waals surface area contributed by atoms with Gasteiger partial charge in [0.1, 0.15) is 47.7 Å². The molecule has 6 aromatic rings. The van der Waals surface area contributed by atoms with Crippen molar-refractivity contribution < 1.29 is 105 Å². The Kier molecular flexibility index (Phi) is 34.1. The predicted octanol–water partition coefficient (Wildman–Crippen LogP) is 15.2. The number of methoxy groups -OCH3 is 4. The molecule has 129 heavy (non-hydrogen) atoms. The van der Waals surface area contributed by atoms with Gasteiger partial charge in [0.2, 0.25) is 11.8 Å². The number of aliphatic hydroxyl groups excluding tert-OH is 1. The monoisotopic (exact) mass is 1870 g/mol. The van der Waals surface area contributed by atoms with Crippen molar-refractivity contribution in [3.8, 4) is 46.0 Å². The zero-order chi connectivity index (χ0) is 93.0. The van der Waals surface area contributed by atoms with E-state index < -0.39 is 54.4 Å². The van der Waals surface area contributed by atoms with Crippen LogP contribution in [0.15, 0.2) is 144 Å². The van der Waals surface area contributed by atoms with Crippen LogP contribution in [0.5, 0.6) is 46.0 Å². The van der Waals surface area contributed by atoms with Gasteiger partial charge in [-0.15, -0.1) is 0 Å². The highest BCUT2D eigenvalue weighted by Crippen LogP contribution is 2.45. The number of nitrogens with one attached hydrogen (secondary N) is 4. The summed E-state index contributed by atoms with van der Waals surface area (Å²) in [5.41, 5.74) is 5.01. The molecule has 5 N–H and O–H groups in total. The topological polar surface area (TPSA) is 431 Å². The second-order valence-electron chi connectivity index (χ2n) is 32.4. The Morgan fingerprint density at radius 1 is 0.519 bits per heavy atom. The lowest BCUT2D eigenvalue weighted by Gasteiger charge is -2.38. The Hall–Kier alpha value is -11.8. The van der Waals surface area contributed by atoms with Crippen LogP contribution in [0.1, 0.15) is 126 Å². The quantitative estimate of drug-likeness (QED) is 0.00595. The number of anilines is 4. The number of hydrogen-bond donors (Lipinski definition) is 5. The third kappa shape index (κ3) is 25.2. The van der Waals surface area contributed by atoms with E-state index >= 15 is 0 Å². The van der Waals surface area contributed by atoms with Gasteiger partial charge in [0, 0.05) is 74.1 Å². The Balaban J connectivity index is 0.000000251. The van der Waals surface area contributed by atoms with Gasteiger partial charge in [-0.1, -0.05) is 91.0 Å². The van der Waals surface area contributed by atoms with Gasteiger partial charge in [0.05, 0.1) is 135 Å². The van der Waals surface area contributed by atoms with Crippen LogP contribution < -0.4 is 59.2 Å². The standard InChI is InChI=1S/C47H60N6O12S2Si.C41H46N6O12S2/c1-29-19-32(28-65-68(8,9)47(3,4)5)51(26-29)44(55)34-22-39(61-7)41(24-36(34)50-46(57)64-17-18-66-67-42-14-13-31(25-48-42)53(58)59)63-16-12-10-11-15-62-40-23-35-33(21-38(40)60-6)45(56)52-27-30(2)20-37(52)43(54)49-35;1-24-14-27(23-48)45(21-24)39(50)29-17-34(56-4)36(19-31(29)44-41(52)59-12-13-60-61-37-9-8-26(20-42-37)47(53)54)58-11-7-5-6-10-57-35-18-30-28(16-33(35)55-3)40(51)46-22-25(2)15-32(46)38(49)43-30/h13-14,21-25,32,37H,1-2,10-12,15-20,26-28H2,3-9H3,(H,49,54)(H,50,57);8-9,16-20,27,32,48H,1-2,5-7,10-15,21-23H2,3-4H3,(H,43,49)(H,44,52)/t32-,37-;27-,32-/m00/s1. The van der Waals surface area contributed by atoms with E-state index in [4.69, 9.17) is 51.8 Å². The van der Waals surface area contributed by atoms with E-state index in [-0.39, 0.29) is 126 Å². The SMILES string of the molecule is C=C1C[C@@H](CO)N(C(=O)c2cc(OC)c(OCCCCCOc3cc4c(cc3OC)C(=O)N3CC(=C)C[C@H]3C(=O)N4)cc2NC(=O)OCCSSc2ccc([N+](=O)[O-])cn2)C1.C=C1C[C@@H](CO[Si](C)(C)C(C)(C)C)N(C(=O)c2cc(OC)c(OCCCCCOc3cc4c(cc3OC)C(=O)N3CC(=C)C[C@H]3C(=O)N4)cc2NC(=O)OCCSSc2ccc([N+](=O)[O-])cn2)C1. The molecular weight excluding hydrogens is 1770 g/mol. The number of nitro groups is 2. The Morgan fingerprint density at radius 3 is 1.26 bits per heavy atom. The molecule has 690 valence electrons. The minimum Gasteiger partial charge on any atom is -0.493 e.